The van der Waals surface area contributed by atoms with Crippen LogP contribution in [0.1, 0.15) is 22.5 Å². The molecule has 1 saturated heterocycles. The van der Waals surface area contributed by atoms with Crippen LogP contribution in [0.3, 0.4) is 0 Å². The van der Waals surface area contributed by atoms with E-state index in [4.69, 9.17) is 0 Å². The Kier molecular flexibility index (Phi) is 5.00. The minimum atomic E-state index is -4.48. The first-order chi connectivity index (χ1) is 12.3. The average molecular weight is 363 g/mol. The van der Waals surface area contributed by atoms with Crippen LogP contribution in [-0.4, -0.2) is 53.9 Å². The molecule has 0 saturated carbocycles. The van der Waals surface area contributed by atoms with Crippen molar-refractivity contribution in [3.8, 4) is 11.3 Å². The average Bonchev–Trinajstić information content (AvgIpc) is 3.06. The Hall–Kier alpha value is -2.41. The standard InChI is InChI=1S/C19H20F3N3O/c1-24-11-10-15(12-24)25(2)18(26)14-8-6-13(7-9-14)16-4-3-5-17(23-16)19(20,21)22/h3-9,15H,10-12H2,1-2H3. The maximum atomic E-state index is 12.8. The molecular formula is C19H20F3N3O. The van der Waals surface area contributed by atoms with E-state index in [9.17, 15) is 18.0 Å². The molecule has 7 heteroatoms. The Morgan fingerprint density at radius 1 is 1.19 bits per heavy atom. The Bertz CT molecular complexity index is 789. The molecule has 0 spiro atoms. The third kappa shape index (κ3) is 3.88. The van der Waals surface area contributed by atoms with Crippen molar-refractivity contribution in [2.75, 3.05) is 27.2 Å². The fourth-order valence-electron chi connectivity index (χ4n) is 3.13. The minimum Gasteiger partial charge on any atom is -0.337 e. The second-order valence-corrected chi connectivity index (χ2v) is 6.60. The lowest BCUT2D eigenvalue weighted by Gasteiger charge is -2.24. The Labute approximate surface area is 150 Å². The van der Waals surface area contributed by atoms with Crippen LogP contribution in [0.4, 0.5) is 13.2 Å². The summed E-state index contributed by atoms with van der Waals surface area (Å²) in [7, 11) is 3.81. The van der Waals surface area contributed by atoms with E-state index in [0.717, 1.165) is 25.6 Å². The number of carbonyl (C=O) groups excluding carboxylic acids is 1. The van der Waals surface area contributed by atoms with Crippen molar-refractivity contribution in [1.29, 1.82) is 0 Å². The van der Waals surface area contributed by atoms with Crippen LogP contribution in [0.15, 0.2) is 42.5 Å². The van der Waals surface area contributed by atoms with Crippen LogP contribution in [-0.2, 0) is 6.18 Å². The van der Waals surface area contributed by atoms with Gasteiger partial charge >= 0.3 is 6.18 Å². The first kappa shape index (κ1) is 18.4. The number of hydrogen-bond acceptors (Lipinski definition) is 3. The fourth-order valence-corrected chi connectivity index (χ4v) is 3.13. The highest BCUT2D eigenvalue weighted by Crippen LogP contribution is 2.29. The number of benzene rings is 1. The molecule has 1 fully saturated rings. The largest absolute Gasteiger partial charge is 0.433 e. The summed E-state index contributed by atoms with van der Waals surface area (Å²) in [5.41, 5.74) is 0.346. The smallest absolute Gasteiger partial charge is 0.337 e. The van der Waals surface area contributed by atoms with E-state index in [2.05, 4.69) is 9.88 Å². The number of hydrogen-bond donors (Lipinski definition) is 0. The lowest BCUT2D eigenvalue weighted by molar-refractivity contribution is -0.141. The van der Waals surface area contributed by atoms with Crippen LogP contribution in [0, 0.1) is 0 Å². The number of carbonyl (C=O) groups is 1. The SMILES string of the molecule is CN1CCC(N(C)C(=O)c2ccc(-c3cccc(C(F)(F)F)n3)cc2)C1. The second kappa shape index (κ2) is 7.07. The maximum absolute atomic E-state index is 12.8. The number of amides is 1. The first-order valence-corrected chi connectivity index (χ1v) is 8.36. The molecule has 1 atom stereocenters. The molecule has 0 radical (unpaired) electrons. The number of likely N-dealkylation sites (tertiary alicyclic amines) is 1. The molecule has 26 heavy (non-hydrogen) atoms. The van der Waals surface area contributed by atoms with Gasteiger partial charge in [0.1, 0.15) is 5.69 Å². The van der Waals surface area contributed by atoms with Gasteiger partial charge in [0.15, 0.2) is 0 Å². The number of nitrogens with zero attached hydrogens (tertiary/aromatic N) is 3. The van der Waals surface area contributed by atoms with E-state index < -0.39 is 11.9 Å². The van der Waals surface area contributed by atoms with Crippen LogP contribution < -0.4 is 0 Å². The van der Waals surface area contributed by atoms with Crippen LogP contribution in [0.2, 0.25) is 0 Å². The van der Waals surface area contributed by atoms with Gasteiger partial charge < -0.3 is 9.80 Å². The highest BCUT2D eigenvalue weighted by molar-refractivity contribution is 5.94. The molecule has 1 aromatic carbocycles. The van der Waals surface area contributed by atoms with Crippen LogP contribution in [0.25, 0.3) is 11.3 Å². The van der Waals surface area contributed by atoms with Gasteiger partial charge in [-0.05, 0) is 44.3 Å². The second-order valence-electron chi connectivity index (χ2n) is 6.60. The molecule has 4 nitrogen and oxygen atoms in total. The van der Waals surface area contributed by atoms with E-state index in [0.29, 0.717) is 11.1 Å². The zero-order chi connectivity index (χ0) is 18.9. The van der Waals surface area contributed by atoms with Gasteiger partial charge in [-0.1, -0.05) is 18.2 Å². The lowest BCUT2D eigenvalue weighted by atomic mass is 10.1. The van der Waals surface area contributed by atoms with Crippen molar-refractivity contribution in [3.63, 3.8) is 0 Å². The van der Waals surface area contributed by atoms with Crippen molar-refractivity contribution in [2.24, 2.45) is 0 Å². The monoisotopic (exact) mass is 363 g/mol. The van der Waals surface area contributed by atoms with Crippen molar-refractivity contribution in [2.45, 2.75) is 18.6 Å². The topological polar surface area (TPSA) is 36.4 Å². The maximum Gasteiger partial charge on any atom is 0.433 e. The van der Waals surface area contributed by atoms with Crippen molar-refractivity contribution >= 4 is 5.91 Å². The van der Waals surface area contributed by atoms with Crippen molar-refractivity contribution in [3.05, 3.63) is 53.7 Å². The quantitative estimate of drug-likeness (QED) is 0.837. The number of likely N-dealkylation sites (N-methyl/N-ethyl adjacent to an activating group) is 2. The van der Waals surface area contributed by atoms with Gasteiger partial charge in [-0.25, -0.2) is 4.98 Å². The van der Waals surface area contributed by atoms with Crippen LogP contribution in [0.5, 0.6) is 0 Å². The highest BCUT2D eigenvalue weighted by atomic mass is 19.4. The number of pyridine rings is 1. The minimum absolute atomic E-state index is 0.0890. The summed E-state index contributed by atoms with van der Waals surface area (Å²) < 4.78 is 38.4. The molecule has 1 aromatic heterocycles. The summed E-state index contributed by atoms with van der Waals surface area (Å²) in [5.74, 6) is -0.0890. The van der Waals surface area contributed by atoms with E-state index in [-0.39, 0.29) is 17.6 Å². The molecule has 0 N–H and O–H groups in total. The van der Waals surface area contributed by atoms with Crippen molar-refractivity contribution in [1.82, 2.24) is 14.8 Å². The predicted octanol–water partition coefficient (Wildman–Crippen LogP) is 3.54. The molecule has 0 aliphatic carbocycles. The van der Waals surface area contributed by atoms with Gasteiger partial charge in [-0.2, -0.15) is 13.2 Å². The molecule has 3 rings (SSSR count). The van der Waals surface area contributed by atoms with E-state index in [1.807, 2.05) is 7.05 Å². The zero-order valence-corrected chi connectivity index (χ0v) is 14.6. The summed E-state index contributed by atoms with van der Waals surface area (Å²) in [5, 5.41) is 0. The Morgan fingerprint density at radius 3 is 2.46 bits per heavy atom. The van der Waals surface area contributed by atoms with E-state index in [1.165, 1.54) is 12.1 Å². The molecule has 1 aliphatic heterocycles. The Balaban J connectivity index is 1.77. The molecule has 2 aromatic rings. The van der Waals surface area contributed by atoms with Gasteiger partial charge in [0.05, 0.1) is 5.69 Å². The number of aromatic nitrogens is 1. The van der Waals surface area contributed by atoms with E-state index in [1.54, 1.807) is 36.2 Å². The first-order valence-electron chi connectivity index (χ1n) is 8.36. The summed E-state index contributed by atoms with van der Waals surface area (Å²) in [6.45, 7) is 1.80. The number of halogens is 3. The molecule has 1 unspecified atom stereocenters. The molecule has 0 bridgehead atoms. The van der Waals surface area contributed by atoms with Gasteiger partial charge in [0.2, 0.25) is 0 Å². The normalized spacial score (nSPS) is 18.1. The lowest BCUT2D eigenvalue weighted by Crippen LogP contribution is -2.38. The van der Waals surface area contributed by atoms with Crippen LogP contribution >= 0.6 is 0 Å². The zero-order valence-electron chi connectivity index (χ0n) is 14.6. The van der Waals surface area contributed by atoms with Gasteiger partial charge in [-0.15, -0.1) is 0 Å². The summed E-state index contributed by atoms with van der Waals surface area (Å²) in [4.78, 5) is 20.2. The summed E-state index contributed by atoms with van der Waals surface area (Å²) in [6, 6.07) is 10.5. The number of alkyl halides is 3. The third-order valence-electron chi connectivity index (χ3n) is 4.70. The molecule has 1 amide bonds. The fraction of sp³-hybridized carbons (Fsp3) is 0.368. The van der Waals surface area contributed by atoms with Gasteiger partial charge in [0.25, 0.3) is 5.91 Å². The molecular weight excluding hydrogens is 343 g/mol. The summed E-state index contributed by atoms with van der Waals surface area (Å²) in [6.07, 6.45) is -3.55. The highest BCUT2D eigenvalue weighted by Gasteiger charge is 2.32. The predicted molar refractivity (Wildman–Crippen MR) is 92.7 cm³/mol. The summed E-state index contributed by atoms with van der Waals surface area (Å²) >= 11 is 0. The van der Waals surface area contributed by atoms with Gasteiger partial charge in [0, 0.05) is 30.8 Å². The molecule has 138 valence electrons. The third-order valence-corrected chi connectivity index (χ3v) is 4.70. The molecule has 1 aliphatic rings. The number of rotatable bonds is 3. The Morgan fingerprint density at radius 2 is 1.88 bits per heavy atom. The van der Waals surface area contributed by atoms with E-state index >= 15 is 0 Å². The van der Waals surface area contributed by atoms with Gasteiger partial charge in [-0.3, -0.25) is 4.79 Å². The molecule has 2 heterocycles. The van der Waals surface area contributed by atoms with Crippen molar-refractivity contribution < 1.29 is 18.0 Å².